The highest BCUT2D eigenvalue weighted by atomic mass is 16.6. The van der Waals surface area contributed by atoms with Gasteiger partial charge in [0.2, 0.25) is 5.91 Å². The van der Waals surface area contributed by atoms with E-state index in [1.807, 2.05) is 24.3 Å². The summed E-state index contributed by atoms with van der Waals surface area (Å²) in [5.41, 5.74) is 1.43. The maximum Gasteiger partial charge on any atom is 0.475 e. The molecule has 0 bridgehead atoms. The molecular weight excluding hydrogens is 363 g/mol. The molecule has 1 saturated heterocycles. The van der Waals surface area contributed by atoms with Gasteiger partial charge in [0.1, 0.15) is 11.7 Å². The predicted molar refractivity (Wildman–Crippen MR) is 103 cm³/mol. The Hall–Kier alpha value is -2.78. The average Bonchev–Trinajstić information content (AvgIpc) is 3.10. The fourth-order valence-corrected chi connectivity index (χ4v) is 3.36. The van der Waals surface area contributed by atoms with Gasteiger partial charge in [0.25, 0.3) is 0 Å². The van der Waals surface area contributed by atoms with Gasteiger partial charge in [0, 0.05) is 11.9 Å². The minimum Gasteiger partial charge on any atom is -0.464 e. The molecule has 1 aliphatic rings. The third-order valence-electron chi connectivity index (χ3n) is 4.80. The Labute approximate surface area is 162 Å². The molecule has 0 saturated carbocycles. The van der Waals surface area contributed by atoms with Gasteiger partial charge in [-0.15, -0.1) is 0 Å². The number of nitrogens with zero attached hydrogens (tertiary/aromatic N) is 1. The molecule has 2 unspecified atom stereocenters. The summed E-state index contributed by atoms with van der Waals surface area (Å²) >= 11 is 0. The van der Waals surface area contributed by atoms with Crippen LogP contribution in [0.3, 0.4) is 0 Å². The van der Waals surface area contributed by atoms with Gasteiger partial charge in [-0.2, -0.15) is 0 Å². The molecule has 1 aliphatic heterocycles. The topological polar surface area (TPSA) is 112 Å². The number of fused-ring (bicyclic) bond motifs is 1. The van der Waals surface area contributed by atoms with E-state index in [0.717, 1.165) is 10.9 Å². The Kier molecular flexibility index (Phi) is 6.38. The number of benzene rings is 1. The molecule has 148 valence electrons. The number of para-hydroxylation sites is 1. The number of ether oxygens (including phenoxy) is 1. The maximum atomic E-state index is 12.3. The molecule has 2 amide bonds. The molecule has 2 aromatic rings. The van der Waals surface area contributed by atoms with Crippen LogP contribution in [0.4, 0.5) is 4.79 Å². The zero-order valence-electron chi connectivity index (χ0n) is 15.4. The third-order valence-corrected chi connectivity index (χ3v) is 4.80. The van der Waals surface area contributed by atoms with Crippen LogP contribution < -0.4 is 5.32 Å². The van der Waals surface area contributed by atoms with Crippen molar-refractivity contribution in [1.29, 1.82) is 0 Å². The van der Waals surface area contributed by atoms with E-state index in [1.54, 1.807) is 4.90 Å². The van der Waals surface area contributed by atoms with Crippen molar-refractivity contribution in [3.05, 3.63) is 48.7 Å². The van der Waals surface area contributed by atoms with E-state index in [-0.39, 0.29) is 18.9 Å². The van der Waals surface area contributed by atoms with E-state index in [1.165, 1.54) is 12.3 Å². The van der Waals surface area contributed by atoms with Crippen LogP contribution in [0.2, 0.25) is 0 Å². The third kappa shape index (κ3) is 4.73. The normalized spacial score (nSPS) is 17.8. The van der Waals surface area contributed by atoms with Crippen molar-refractivity contribution in [2.24, 2.45) is 0 Å². The number of piperidine rings is 1. The quantitative estimate of drug-likeness (QED) is 0.509. The van der Waals surface area contributed by atoms with Gasteiger partial charge in [-0.1, -0.05) is 24.8 Å². The highest BCUT2D eigenvalue weighted by Gasteiger charge is 2.30. The molecule has 1 fully saturated rings. The molecule has 9 heteroatoms. The number of rotatable bonds is 6. The van der Waals surface area contributed by atoms with Gasteiger partial charge in [-0.05, 0) is 37.0 Å². The van der Waals surface area contributed by atoms with Crippen LogP contribution in [0.1, 0.15) is 18.4 Å². The second-order valence-corrected chi connectivity index (χ2v) is 6.78. The summed E-state index contributed by atoms with van der Waals surface area (Å²) in [6, 6.07) is 7.37. The summed E-state index contributed by atoms with van der Waals surface area (Å²) in [5.74, 6) is -1.17. The molecule has 0 radical (unpaired) electrons. The summed E-state index contributed by atoms with van der Waals surface area (Å²) in [4.78, 5) is 25.6. The number of nitrogens with one attached hydrogen (secondary N) is 1. The van der Waals surface area contributed by atoms with Gasteiger partial charge in [0.05, 0.1) is 18.7 Å². The van der Waals surface area contributed by atoms with E-state index < -0.39 is 25.3 Å². The first-order valence-corrected chi connectivity index (χ1v) is 9.17. The van der Waals surface area contributed by atoms with Gasteiger partial charge >= 0.3 is 13.2 Å². The van der Waals surface area contributed by atoms with Crippen LogP contribution >= 0.6 is 0 Å². The predicted octanol–water partition coefficient (Wildman–Crippen LogP) is 1.26. The van der Waals surface area contributed by atoms with E-state index in [2.05, 4.69) is 11.9 Å². The number of hydrogen-bond donors (Lipinski definition) is 3. The van der Waals surface area contributed by atoms with Crippen molar-refractivity contribution in [2.75, 3.05) is 13.1 Å². The minimum atomic E-state index is -1.77. The fraction of sp³-hybridized carbons (Fsp3) is 0.368. The summed E-state index contributed by atoms with van der Waals surface area (Å²) in [6.45, 7) is 4.35. The van der Waals surface area contributed by atoms with Gasteiger partial charge < -0.3 is 29.4 Å². The first-order chi connectivity index (χ1) is 13.5. The number of amides is 2. The zero-order valence-corrected chi connectivity index (χ0v) is 15.4. The highest BCUT2D eigenvalue weighted by molar-refractivity contribution is 6.43. The molecule has 2 atom stereocenters. The Morgan fingerprint density at radius 1 is 1.43 bits per heavy atom. The molecule has 3 N–H and O–H groups in total. The summed E-state index contributed by atoms with van der Waals surface area (Å²) in [7, 11) is -1.77. The van der Waals surface area contributed by atoms with Crippen LogP contribution in [-0.4, -0.2) is 59.2 Å². The minimum absolute atomic E-state index is 0.162. The first-order valence-electron chi connectivity index (χ1n) is 9.17. The van der Waals surface area contributed by atoms with Crippen LogP contribution in [0.25, 0.3) is 11.0 Å². The van der Waals surface area contributed by atoms with E-state index in [9.17, 15) is 19.6 Å². The summed E-state index contributed by atoms with van der Waals surface area (Å²) in [6.07, 6.45) is 3.06. The van der Waals surface area contributed by atoms with Crippen molar-refractivity contribution in [3.63, 3.8) is 0 Å². The molecular formula is C19H23BN2O6. The Balaban J connectivity index is 1.60. The molecule has 0 spiro atoms. The lowest BCUT2D eigenvalue weighted by Crippen LogP contribution is -2.50. The van der Waals surface area contributed by atoms with Gasteiger partial charge in [-0.3, -0.25) is 4.79 Å². The zero-order chi connectivity index (χ0) is 20.1. The van der Waals surface area contributed by atoms with Crippen LogP contribution in [0.15, 0.2) is 47.6 Å². The van der Waals surface area contributed by atoms with Crippen LogP contribution in [-0.2, 0) is 16.0 Å². The lowest BCUT2D eigenvalue weighted by atomic mass is 9.76. The highest BCUT2D eigenvalue weighted by Crippen LogP contribution is 2.22. The average molecular weight is 386 g/mol. The number of carbonyl (C=O) groups excluding carboxylic acids is 2. The first kappa shape index (κ1) is 20.0. The second-order valence-electron chi connectivity index (χ2n) is 6.78. The Morgan fingerprint density at radius 3 is 2.96 bits per heavy atom. The second kappa shape index (κ2) is 8.94. The maximum absolute atomic E-state index is 12.3. The lowest BCUT2D eigenvalue weighted by Gasteiger charge is -2.32. The lowest BCUT2D eigenvalue weighted by molar-refractivity contribution is -0.129. The molecule has 0 aliphatic carbocycles. The van der Waals surface area contributed by atoms with E-state index in [4.69, 9.17) is 9.15 Å². The van der Waals surface area contributed by atoms with Crippen molar-refractivity contribution < 1.29 is 28.8 Å². The Bertz CT molecular complexity index is 852. The largest absolute Gasteiger partial charge is 0.475 e. The van der Waals surface area contributed by atoms with Gasteiger partial charge in [-0.25, -0.2) is 4.79 Å². The summed E-state index contributed by atoms with van der Waals surface area (Å²) in [5, 5.41) is 22.7. The van der Waals surface area contributed by atoms with Crippen LogP contribution in [0, 0.1) is 0 Å². The van der Waals surface area contributed by atoms with E-state index in [0.29, 0.717) is 25.0 Å². The van der Waals surface area contributed by atoms with Crippen molar-refractivity contribution in [1.82, 2.24) is 10.2 Å². The molecule has 3 rings (SSSR count). The number of hydrogen-bond acceptors (Lipinski definition) is 6. The SMILES string of the molecule is C=CC(=O)N1CCCC(OC(=O)NC(Cc2coc3ccccc23)B(O)O)C1. The molecule has 8 nitrogen and oxygen atoms in total. The molecule has 28 heavy (non-hydrogen) atoms. The standard InChI is InChI=1S/C19H23BN2O6/c1-2-18(23)22-9-5-6-14(11-22)28-19(24)21-17(20(25)26)10-13-12-27-16-8-4-3-7-15(13)16/h2-4,7-8,12,14,17,25-26H,1,5-6,9-11H2,(H,21,24). The number of alkyl carbamates (subject to hydrolysis) is 1. The molecule has 2 heterocycles. The van der Waals surface area contributed by atoms with Crippen molar-refractivity contribution >= 4 is 30.1 Å². The van der Waals surface area contributed by atoms with Crippen molar-refractivity contribution in [3.8, 4) is 0 Å². The fourth-order valence-electron chi connectivity index (χ4n) is 3.36. The number of furan rings is 1. The molecule has 1 aromatic heterocycles. The monoisotopic (exact) mass is 386 g/mol. The van der Waals surface area contributed by atoms with Crippen LogP contribution in [0.5, 0.6) is 0 Å². The summed E-state index contributed by atoms with van der Waals surface area (Å²) < 4.78 is 10.8. The van der Waals surface area contributed by atoms with Crippen molar-refractivity contribution in [2.45, 2.75) is 31.3 Å². The number of carbonyl (C=O) groups is 2. The Morgan fingerprint density at radius 2 is 2.21 bits per heavy atom. The van der Waals surface area contributed by atoms with Gasteiger partial charge in [0.15, 0.2) is 0 Å². The van der Waals surface area contributed by atoms with E-state index >= 15 is 0 Å². The molecule has 1 aromatic carbocycles. The number of likely N-dealkylation sites (tertiary alicyclic amines) is 1. The smallest absolute Gasteiger partial charge is 0.464 e.